The second-order valence-corrected chi connectivity index (χ2v) is 14.8. The maximum atomic E-state index is 15.6. The van der Waals surface area contributed by atoms with Crippen LogP contribution in [0, 0.1) is 37.1 Å². The third-order valence-corrected chi connectivity index (χ3v) is 10.4. The molecule has 0 spiro atoms. The van der Waals surface area contributed by atoms with Crippen molar-refractivity contribution in [3.63, 3.8) is 0 Å². The fourth-order valence-electron chi connectivity index (χ4n) is 6.36. The van der Waals surface area contributed by atoms with Crippen molar-refractivity contribution in [3.05, 3.63) is 154 Å². The van der Waals surface area contributed by atoms with E-state index in [1.54, 1.807) is 0 Å². The topological polar surface area (TPSA) is 59.9 Å². The van der Waals surface area contributed by atoms with Gasteiger partial charge in [0.15, 0.2) is 9.84 Å². The monoisotopic (exact) mass is 788 g/mol. The molecule has 4 nitrogen and oxygen atoms in total. The zero-order valence-electron chi connectivity index (χ0n) is 28.6. The summed E-state index contributed by atoms with van der Waals surface area (Å²) < 4.78 is 168. The van der Waals surface area contributed by atoms with E-state index in [0.717, 1.165) is 24.3 Å². The van der Waals surface area contributed by atoms with Crippen LogP contribution >= 0.6 is 0 Å². The number of alkyl halides is 6. The Morgan fingerprint density at radius 1 is 0.491 bits per heavy atom. The van der Waals surface area contributed by atoms with Gasteiger partial charge < -0.3 is 0 Å². The first kappa shape index (κ1) is 39.1. The number of hydrogen-bond acceptors (Lipinski definition) is 4. The molecular weight excluding hydrogens is 762 g/mol. The van der Waals surface area contributed by atoms with E-state index in [4.69, 9.17) is 0 Å². The van der Waals surface area contributed by atoms with Crippen LogP contribution in [0.3, 0.4) is 0 Å². The number of aryl methyl sites for hydroxylation is 2. The molecule has 0 aliphatic heterocycles. The molecule has 55 heavy (non-hydrogen) atoms. The molecule has 2 aromatic heterocycles. The van der Waals surface area contributed by atoms with Gasteiger partial charge in [-0.15, -0.1) is 0 Å². The van der Waals surface area contributed by atoms with E-state index in [2.05, 4.69) is 9.97 Å². The van der Waals surface area contributed by atoms with Gasteiger partial charge in [-0.05, 0) is 95.8 Å². The van der Waals surface area contributed by atoms with Crippen molar-refractivity contribution in [1.82, 2.24) is 9.97 Å². The van der Waals surface area contributed by atoms with Crippen molar-refractivity contribution in [2.45, 2.75) is 37.7 Å². The number of nitrogens with zero attached hydrogens (tertiary/aromatic N) is 2. The Morgan fingerprint density at radius 2 is 0.873 bits per heavy atom. The highest BCUT2D eigenvalue weighted by Crippen LogP contribution is 2.40. The van der Waals surface area contributed by atoms with E-state index in [0.29, 0.717) is 12.1 Å². The Balaban J connectivity index is 1.27. The quantitative estimate of drug-likeness (QED) is 0.144. The Hall–Kier alpha value is -5.57. The van der Waals surface area contributed by atoms with E-state index in [1.807, 2.05) is 0 Å². The van der Waals surface area contributed by atoms with Crippen molar-refractivity contribution in [2.75, 3.05) is 0 Å². The fourth-order valence-corrected chi connectivity index (χ4v) is 7.85. The van der Waals surface area contributed by atoms with Crippen LogP contribution in [-0.2, 0) is 33.7 Å². The van der Waals surface area contributed by atoms with E-state index in [-0.39, 0.29) is 55.6 Å². The first-order valence-electron chi connectivity index (χ1n) is 16.1. The van der Waals surface area contributed by atoms with Crippen molar-refractivity contribution >= 4 is 9.84 Å². The summed E-state index contributed by atoms with van der Waals surface area (Å²) in [5.74, 6) is -6.72. The summed E-state index contributed by atoms with van der Waals surface area (Å²) in [6.45, 7) is 2.50. The average Bonchev–Trinajstić information content (AvgIpc) is 3.09. The molecule has 0 amide bonds. The highest BCUT2D eigenvalue weighted by Gasteiger charge is 2.33. The van der Waals surface area contributed by atoms with Crippen molar-refractivity contribution in [1.29, 1.82) is 0 Å². The summed E-state index contributed by atoms with van der Waals surface area (Å²) in [7, 11) is -4.49. The van der Waals surface area contributed by atoms with Gasteiger partial charge in [0.25, 0.3) is 0 Å². The molecule has 2 heterocycles. The van der Waals surface area contributed by atoms with Crippen LogP contribution in [0.4, 0.5) is 43.9 Å². The number of benzene rings is 4. The van der Waals surface area contributed by atoms with Gasteiger partial charge >= 0.3 is 12.4 Å². The summed E-state index contributed by atoms with van der Waals surface area (Å²) in [5.41, 5.74) is -2.96. The average molecular weight is 789 g/mol. The first-order chi connectivity index (χ1) is 25.7. The molecule has 0 radical (unpaired) electrons. The molecule has 15 heteroatoms. The lowest BCUT2D eigenvalue weighted by Gasteiger charge is -2.15. The van der Waals surface area contributed by atoms with Gasteiger partial charge in [-0.1, -0.05) is 24.3 Å². The van der Waals surface area contributed by atoms with Gasteiger partial charge in [0.05, 0.1) is 22.6 Å². The van der Waals surface area contributed by atoms with Crippen LogP contribution in [0.5, 0.6) is 0 Å². The largest absolute Gasteiger partial charge is 0.416 e. The third kappa shape index (κ3) is 8.26. The predicted octanol–water partition coefficient (Wildman–Crippen LogP) is 11.5. The van der Waals surface area contributed by atoms with Crippen molar-refractivity contribution < 1.29 is 52.3 Å². The Bertz CT molecular complexity index is 2400. The lowest BCUT2D eigenvalue weighted by atomic mass is 9.93. The minimum Gasteiger partial charge on any atom is -0.264 e. The van der Waals surface area contributed by atoms with Crippen LogP contribution in [0.15, 0.2) is 97.6 Å². The molecular formula is C40H26F10N2O2S. The number of sulfone groups is 1. The van der Waals surface area contributed by atoms with Crippen molar-refractivity contribution in [2.24, 2.45) is 0 Å². The molecule has 0 unspecified atom stereocenters. The van der Waals surface area contributed by atoms with Crippen LogP contribution in [0.25, 0.3) is 44.5 Å². The normalized spacial score (nSPS) is 12.3. The smallest absolute Gasteiger partial charge is 0.264 e. The van der Waals surface area contributed by atoms with Crippen LogP contribution in [0.1, 0.15) is 33.4 Å². The number of pyridine rings is 2. The number of rotatable bonds is 8. The van der Waals surface area contributed by atoms with E-state index in [1.165, 1.54) is 75.0 Å². The molecule has 0 saturated carbocycles. The first-order valence-corrected chi connectivity index (χ1v) is 18.0. The highest BCUT2D eigenvalue weighted by molar-refractivity contribution is 7.89. The molecule has 0 saturated heterocycles. The molecule has 0 N–H and O–H groups in total. The Morgan fingerprint density at radius 3 is 1.22 bits per heavy atom. The lowest BCUT2D eigenvalue weighted by Crippen LogP contribution is -2.11. The second kappa shape index (κ2) is 14.6. The Labute approximate surface area is 308 Å². The number of aromatic nitrogens is 2. The molecule has 0 bridgehead atoms. The van der Waals surface area contributed by atoms with Crippen LogP contribution < -0.4 is 0 Å². The summed E-state index contributed by atoms with van der Waals surface area (Å²) in [4.78, 5) is 7.86. The van der Waals surface area contributed by atoms with Gasteiger partial charge in [-0.2, -0.15) is 26.3 Å². The summed E-state index contributed by atoms with van der Waals surface area (Å²) in [6, 6.07) is 12.0. The highest BCUT2D eigenvalue weighted by atomic mass is 32.2. The SMILES string of the molecule is Cc1cc(-c2ccncc2-c2cc(F)c(CS(=O)(=O)Cc3cc(F)c(-c4cnccc4-c4ccc(C(F)(F)F)c(C)c4)cc3F)cc2F)ccc1C(F)(F)F. The zero-order valence-corrected chi connectivity index (χ0v) is 29.4. The van der Waals surface area contributed by atoms with Crippen molar-refractivity contribution in [3.8, 4) is 44.5 Å². The number of halogens is 10. The fraction of sp³-hybridized carbons (Fsp3) is 0.150. The molecule has 0 atom stereocenters. The summed E-state index contributed by atoms with van der Waals surface area (Å²) >= 11 is 0. The standard InChI is InChI=1S/C40H26F10N2O2S/c1-21-11-23(3-5-33(21)39(45,46)47)27-7-9-51-17-31(27)29-15-35(41)25(13-37(29)43)19-55(53,54)20-26-14-38(44)30(16-36(26)42)32-18-52-10-8-28(32)24-4-6-34(22(2)12-24)40(48,49)50/h3-18H,19-20H2,1-2H3. The zero-order chi connectivity index (χ0) is 40.0. The molecule has 0 aliphatic carbocycles. The van der Waals surface area contributed by atoms with Gasteiger partial charge in [0.2, 0.25) is 0 Å². The summed E-state index contributed by atoms with van der Waals surface area (Å²) in [6.07, 6.45) is -4.24. The minimum atomic E-state index is -4.61. The van der Waals surface area contributed by atoms with Crippen LogP contribution in [0.2, 0.25) is 0 Å². The van der Waals surface area contributed by atoms with Crippen LogP contribution in [-0.4, -0.2) is 18.4 Å². The Kier molecular flexibility index (Phi) is 10.4. The molecule has 284 valence electrons. The van der Waals surface area contributed by atoms with Gasteiger partial charge in [0.1, 0.15) is 23.3 Å². The van der Waals surface area contributed by atoms with Gasteiger partial charge in [0, 0.05) is 58.2 Å². The molecule has 6 aromatic rings. The van der Waals surface area contributed by atoms with Gasteiger partial charge in [-0.3, -0.25) is 9.97 Å². The number of hydrogen-bond donors (Lipinski definition) is 0. The summed E-state index contributed by atoms with van der Waals surface area (Å²) in [5, 5.41) is 0. The van der Waals surface area contributed by atoms with E-state index >= 15 is 17.6 Å². The molecule has 4 aromatic carbocycles. The maximum absolute atomic E-state index is 15.6. The third-order valence-electron chi connectivity index (χ3n) is 8.93. The predicted molar refractivity (Wildman–Crippen MR) is 186 cm³/mol. The van der Waals surface area contributed by atoms with E-state index < -0.39 is 79.2 Å². The van der Waals surface area contributed by atoms with E-state index in [9.17, 15) is 34.8 Å². The van der Waals surface area contributed by atoms with Gasteiger partial charge in [-0.25, -0.2) is 26.0 Å². The minimum absolute atomic E-state index is 0.00957. The molecule has 0 fully saturated rings. The maximum Gasteiger partial charge on any atom is 0.416 e. The lowest BCUT2D eigenvalue weighted by molar-refractivity contribution is -0.138. The molecule has 6 rings (SSSR count). The molecule has 0 aliphatic rings. The second-order valence-electron chi connectivity index (χ2n) is 12.8.